The smallest absolute Gasteiger partial charge is 0.338 e. The second kappa shape index (κ2) is 4.49. The molecule has 0 aliphatic heterocycles. The fourth-order valence-corrected chi connectivity index (χ4v) is 3.01. The van der Waals surface area contributed by atoms with E-state index in [1.165, 1.54) is 7.11 Å². The van der Waals surface area contributed by atoms with Gasteiger partial charge in [0.15, 0.2) is 5.78 Å². The summed E-state index contributed by atoms with van der Waals surface area (Å²) >= 11 is 0. The van der Waals surface area contributed by atoms with Crippen molar-refractivity contribution in [3.05, 3.63) is 65.4 Å². The topological polar surface area (TPSA) is 56.3 Å². The molecule has 3 aromatic rings. The normalized spacial score (nSPS) is 12.1. The summed E-state index contributed by atoms with van der Waals surface area (Å²) in [6.45, 7) is 0. The highest BCUT2D eigenvalue weighted by molar-refractivity contribution is 6.26. The molecular weight excluding hydrogens is 278 g/mol. The Morgan fingerprint density at radius 1 is 1.00 bits per heavy atom. The molecule has 0 radical (unpaired) electrons. The molecule has 4 nitrogen and oxygen atoms in total. The summed E-state index contributed by atoms with van der Waals surface area (Å²) in [4.78, 5) is 29.1. The molecule has 1 aromatic heterocycles. The largest absolute Gasteiger partial charge is 0.465 e. The number of aromatic nitrogens is 1. The Balaban J connectivity index is 2.17. The fourth-order valence-electron chi connectivity index (χ4n) is 3.01. The van der Waals surface area contributed by atoms with Crippen LogP contribution in [-0.4, -0.2) is 23.8 Å². The Hall–Kier alpha value is -3.01. The van der Waals surface area contributed by atoms with Crippen LogP contribution >= 0.6 is 0 Å². The van der Waals surface area contributed by atoms with Crippen molar-refractivity contribution in [2.24, 2.45) is 0 Å². The highest BCUT2D eigenvalue weighted by atomic mass is 16.5. The maximum absolute atomic E-state index is 12.7. The molecule has 0 saturated heterocycles. The number of ketones is 1. The number of ether oxygens (including phenoxy) is 1. The van der Waals surface area contributed by atoms with E-state index in [-0.39, 0.29) is 5.78 Å². The number of hydrogen-bond donors (Lipinski definition) is 0. The van der Waals surface area contributed by atoms with Crippen LogP contribution in [0.25, 0.3) is 22.0 Å². The van der Waals surface area contributed by atoms with E-state index in [1.807, 2.05) is 18.2 Å². The van der Waals surface area contributed by atoms with Crippen LogP contribution in [0.15, 0.2) is 48.7 Å². The van der Waals surface area contributed by atoms with Gasteiger partial charge in [0.05, 0.1) is 18.4 Å². The summed E-state index contributed by atoms with van der Waals surface area (Å²) < 4.78 is 4.83. The zero-order chi connectivity index (χ0) is 15.3. The maximum atomic E-state index is 12.7. The molecule has 0 atom stereocenters. The summed E-state index contributed by atoms with van der Waals surface area (Å²) in [5, 5.41) is 1.41. The van der Waals surface area contributed by atoms with Gasteiger partial charge in [0.25, 0.3) is 0 Å². The fraction of sp³-hybridized carbons (Fsp3) is 0.0556. The van der Waals surface area contributed by atoms with Crippen LogP contribution in [0, 0.1) is 0 Å². The Bertz CT molecular complexity index is 960. The number of nitrogens with zero attached hydrogens (tertiary/aromatic N) is 1. The molecule has 2 aromatic carbocycles. The monoisotopic (exact) mass is 289 g/mol. The minimum atomic E-state index is -0.421. The van der Waals surface area contributed by atoms with Crippen LogP contribution in [0.3, 0.4) is 0 Å². The van der Waals surface area contributed by atoms with Gasteiger partial charge >= 0.3 is 5.97 Å². The van der Waals surface area contributed by atoms with Crippen molar-refractivity contribution in [3.63, 3.8) is 0 Å². The van der Waals surface area contributed by atoms with Gasteiger partial charge in [-0.25, -0.2) is 4.79 Å². The Labute approximate surface area is 126 Å². The minimum absolute atomic E-state index is 0.0440. The first-order valence-corrected chi connectivity index (χ1v) is 6.86. The van der Waals surface area contributed by atoms with Crippen LogP contribution in [0.1, 0.15) is 26.3 Å². The van der Waals surface area contributed by atoms with Gasteiger partial charge in [-0.15, -0.1) is 0 Å². The number of pyridine rings is 1. The first-order chi connectivity index (χ1) is 10.7. The van der Waals surface area contributed by atoms with Gasteiger partial charge < -0.3 is 4.74 Å². The molecule has 22 heavy (non-hydrogen) atoms. The predicted molar refractivity (Wildman–Crippen MR) is 82.0 cm³/mol. The average Bonchev–Trinajstić information content (AvgIpc) is 2.58. The molecule has 4 rings (SSSR count). The molecule has 1 aliphatic carbocycles. The van der Waals surface area contributed by atoms with Gasteiger partial charge in [0, 0.05) is 33.7 Å². The van der Waals surface area contributed by atoms with E-state index in [4.69, 9.17) is 4.74 Å². The molecule has 1 aliphatic rings. The van der Waals surface area contributed by atoms with E-state index in [0.29, 0.717) is 27.5 Å². The van der Waals surface area contributed by atoms with Gasteiger partial charge in [-0.2, -0.15) is 0 Å². The number of carbonyl (C=O) groups is 2. The lowest BCUT2D eigenvalue weighted by atomic mass is 9.84. The molecule has 4 heteroatoms. The Morgan fingerprint density at radius 2 is 1.77 bits per heavy atom. The number of benzene rings is 2. The summed E-state index contributed by atoms with van der Waals surface area (Å²) in [5.74, 6) is -0.465. The number of rotatable bonds is 1. The van der Waals surface area contributed by atoms with Crippen molar-refractivity contribution in [3.8, 4) is 11.3 Å². The van der Waals surface area contributed by atoms with Crippen LogP contribution in [0.4, 0.5) is 0 Å². The van der Waals surface area contributed by atoms with E-state index < -0.39 is 5.97 Å². The van der Waals surface area contributed by atoms with Crippen molar-refractivity contribution in [1.82, 2.24) is 4.98 Å². The second-order valence-corrected chi connectivity index (χ2v) is 5.11. The second-order valence-electron chi connectivity index (χ2n) is 5.11. The molecule has 106 valence electrons. The molecular formula is C18H11NO3. The first-order valence-electron chi connectivity index (χ1n) is 6.86. The quantitative estimate of drug-likeness (QED) is 0.505. The lowest BCUT2D eigenvalue weighted by Gasteiger charge is -2.19. The maximum Gasteiger partial charge on any atom is 0.338 e. The number of esters is 1. The molecule has 0 amide bonds. The third kappa shape index (κ3) is 1.55. The van der Waals surface area contributed by atoms with Crippen molar-refractivity contribution >= 4 is 22.5 Å². The summed E-state index contributed by atoms with van der Waals surface area (Å²) in [6.07, 6.45) is 1.65. The van der Waals surface area contributed by atoms with Crippen molar-refractivity contribution in [1.29, 1.82) is 0 Å². The molecule has 0 N–H and O–H groups in total. The summed E-state index contributed by atoms with van der Waals surface area (Å²) in [6, 6.07) is 12.5. The van der Waals surface area contributed by atoms with Gasteiger partial charge in [0.2, 0.25) is 0 Å². The van der Waals surface area contributed by atoms with E-state index in [2.05, 4.69) is 4.98 Å². The van der Waals surface area contributed by atoms with Crippen molar-refractivity contribution in [2.45, 2.75) is 0 Å². The molecule has 0 spiro atoms. The Kier molecular flexibility index (Phi) is 2.60. The van der Waals surface area contributed by atoms with E-state index in [0.717, 1.165) is 11.3 Å². The third-order valence-corrected chi connectivity index (χ3v) is 4.00. The zero-order valence-electron chi connectivity index (χ0n) is 11.8. The van der Waals surface area contributed by atoms with Gasteiger partial charge in [0.1, 0.15) is 0 Å². The first kappa shape index (κ1) is 12.7. The Morgan fingerprint density at radius 3 is 2.55 bits per heavy atom. The molecule has 0 unspecified atom stereocenters. The molecule has 1 heterocycles. The molecule has 0 fully saturated rings. The average molecular weight is 289 g/mol. The van der Waals surface area contributed by atoms with Crippen molar-refractivity contribution in [2.75, 3.05) is 7.11 Å². The molecule has 0 saturated carbocycles. The van der Waals surface area contributed by atoms with Crippen LogP contribution in [-0.2, 0) is 4.74 Å². The zero-order valence-corrected chi connectivity index (χ0v) is 11.8. The van der Waals surface area contributed by atoms with E-state index in [9.17, 15) is 9.59 Å². The lowest BCUT2D eigenvalue weighted by molar-refractivity contribution is 0.0602. The summed E-state index contributed by atoms with van der Waals surface area (Å²) in [7, 11) is 1.34. The van der Waals surface area contributed by atoms with Crippen molar-refractivity contribution < 1.29 is 14.3 Å². The SMILES string of the molecule is COC(=O)c1ccc2c3c(nccc13)-c1ccccc1C2=O. The molecule has 0 bridgehead atoms. The van der Waals surface area contributed by atoms with Gasteiger partial charge in [-0.1, -0.05) is 24.3 Å². The minimum Gasteiger partial charge on any atom is -0.465 e. The van der Waals surface area contributed by atoms with Crippen LogP contribution in [0.2, 0.25) is 0 Å². The van der Waals surface area contributed by atoms with E-state index in [1.54, 1.807) is 30.5 Å². The highest BCUT2D eigenvalue weighted by Crippen LogP contribution is 2.38. The lowest BCUT2D eigenvalue weighted by Crippen LogP contribution is -2.12. The number of hydrogen-bond acceptors (Lipinski definition) is 4. The highest BCUT2D eigenvalue weighted by Gasteiger charge is 2.27. The van der Waals surface area contributed by atoms with E-state index >= 15 is 0 Å². The summed E-state index contributed by atoms with van der Waals surface area (Å²) in [5.41, 5.74) is 3.18. The number of methoxy groups -OCH3 is 1. The standard InChI is InChI=1S/C18H11NO3/c1-22-18(21)13-6-7-14-15-10(13)8-9-19-16(15)11-4-2-3-5-12(11)17(14)20/h2-9H,1H3. The predicted octanol–water partition coefficient (Wildman–Crippen LogP) is 3.23. The van der Waals surface area contributed by atoms with Crippen LogP contribution < -0.4 is 0 Å². The van der Waals surface area contributed by atoms with Gasteiger partial charge in [-0.3, -0.25) is 9.78 Å². The number of fused-ring (bicyclic) bond motifs is 2. The van der Waals surface area contributed by atoms with Crippen LogP contribution in [0.5, 0.6) is 0 Å². The number of carbonyl (C=O) groups excluding carboxylic acids is 2. The third-order valence-electron chi connectivity index (χ3n) is 4.00. The van der Waals surface area contributed by atoms with Gasteiger partial charge in [-0.05, 0) is 18.2 Å².